The van der Waals surface area contributed by atoms with E-state index >= 15 is 0 Å². The van der Waals surface area contributed by atoms with Gasteiger partial charge in [0.2, 0.25) is 0 Å². The van der Waals surface area contributed by atoms with Gasteiger partial charge in [0.1, 0.15) is 18.0 Å². The number of rotatable bonds is 5. The summed E-state index contributed by atoms with van der Waals surface area (Å²) in [6.07, 6.45) is -2.03. The molecule has 2 rings (SSSR count). The minimum atomic E-state index is -3.67. The molecular weight excluding hydrogens is 405 g/mol. The van der Waals surface area contributed by atoms with Gasteiger partial charge < -0.3 is 25.0 Å². The molecule has 0 radical (unpaired) electrons. The lowest BCUT2D eigenvalue weighted by Gasteiger charge is -2.31. The Labute approximate surface area is 170 Å². The third-order valence-corrected chi connectivity index (χ3v) is 5.66. The second-order valence-electron chi connectivity index (χ2n) is 9.10. The summed E-state index contributed by atoms with van der Waals surface area (Å²) in [5, 5.41) is 10.9. The third kappa shape index (κ3) is 6.32. The monoisotopic (exact) mass is 435 g/mol. The van der Waals surface area contributed by atoms with Crippen molar-refractivity contribution in [2.45, 2.75) is 78.1 Å². The maximum atomic E-state index is 12.2. The van der Waals surface area contributed by atoms with E-state index in [1.807, 2.05) is 20.8 Å². The Balaban J connectivity index is 2.34. The second kappa shape index (κ2) is 8.10. The molecule has 1 aromatic heterocycles. The van der Waals surface area contributed by atoms with E-state index in [0.717, 1.165) is 4.57 Å². The van der Waals surface area contributed by atoms with Crippen LogP contribution < -0.4 is 11.4 Å². The molecule has 5 atom stereocenters. The van der Waals surface area contributed by atoms with Gasteiger partial charge in [-0.1, -0.05) is 20.8 Å². The van der Waals surface area contributed by atoms with Gasteiger partial charge in [0, 0.05) is 6.20 Å². The molecule has 160 valence electrons. The van der Waals surface area contributed by atoms with E-state index in [1.165, 1.54) is 12.3 Å². The zero-order chi connectivity index (χ0) is 21.5. The van der Waals surface area contributed by atoms with Gasteiger partial charge in [0.15, 0.2) is 6.23 Å². The quantitative estimate of drug-likeness (QED) is 0.594. The molecule has 1 aliphatic rings. The van der Waals surface area contributed by atoms with Crippen molar-refractivity contribution in [3.8, 4) is 0 Å². The van der Waals surface area contributed by atoms with E-state index in [9.17, 15) is 14.8 Å². The Bertz CT molecular complexity index is 803. The Morgan fingerprint density at radius 1 is 1.36 bits per heavy atom. The summed E-state index contributed by atoms with van der Waals surface area (Å²) < 4.78 is 18.3. The molecule has 1 aromatic rings. The zero-order valence-electron chi connectivity index (χ0n) is 17.0. The van der Waals surface area contributed by atoms with Crippen LogP contribution >= 0.6 is 6.72 Å². The molecule has 0 amide bonds. The van der Waals surface area contributed by atoms with Crippen LogP contribution in [0.15, 0.2) is 17.1 Å². The summed E-state index contributed by atoms with van der Waals surface area (Å²) in [5.41, 5.74) is 3.97. The number of nitrogens with zero attached hydrogens (tertiary/aromatic N) is 2. The van der Waals surface area contributed by atoms with Gasteiger partial charge in [-0.25, -0.2) is 4.79 Å². The van der Waals surface area contributed by atoms with Gasteiger partial charge in [0.25, 0.3) is 0 Å². The lowest BCUT2D eigenvalue weighted by molar-refractivity contribution is -0.0499. The van der Waals surface area contributed by atoms with Gasteiger partial charge in [-0.15, -0.1) is 0 Å². The van der Waals surface area contributed by atoms with E-state index in [0.29, 0.717) is 6.42 Å². The highest BCUT2D eigenvalue weighted by molar-refractivity contribution is 8.07. The van der Waals surface area contributed by atoms with Crippen molar-refractivity contribution in [3.05, 3.63) is 22.7 Å². The Morgan fingerprint density at radius 2 is 1.96 bits per heavy atom. The van der Waals surface area contributed by atoms with Crippen LogP contribution in [0.4, 0.5) is 5.82 Å². The Morgan fingerprint density at radius 3 is 2.46 bits per heavy atom. The van der Waals surface area contributed by atoms with Crippen molar-refractivity contribution in [2.24, 2.45) is 5.41 Å². The van der Waals surface area contributed by atoms with E-state index in [2.05, 4.69) is 4.98 Å². The van der Waals surface area contributed by atoms with Crippen LogP contribution in [0.2, 0.25) is 0 Å². The number of nitrogens with two attached hydrogens (primary N) is 1. The van der Waals surface area contributed by atoms with Gasteiger partial charge in [0.05, 0.1) is 11.7 Å². The van der Waals surface area contributed by atoms with Crippen LogP contribution in [0, 0.1) is 5.41 Å². The normalized spacial score (nSPS) is 28.3. The summed E-state index contributed by atoms with van der Waals surface area (Å²) in [7, 11) is 0. The van der Waals surface area contributed by atoms with Crippen LogP contribution in [-0.4, -0.2) is 43.5 Å². The average Bonchev–Trinajstić information content (AvgIpc) is 2.71. The highest BCUT2D eigenvalue weighted by Gasteiger charge is 2.49. The summed E-state index contributed by atoms with van der Waals surface area (Å²) in [5.74, 6) is 0.0669. The number of aliphatic hydroxyl groups excluding tert-OH is 1. The smallest absolute Gasteiger partial charge is 0.351 e. The average molecular weight is 435 g/mol. The molecule has 1 saturated heterocycles. The fraction of sp³-hybridized carbons (Fsp3) is 0.765. The molecule has 0 aliphatic carbocycles. The molecule has 1 aliphatic heterocycles. The predicted molar refractivity (Wildman–Crippen MR) is 109 cm³/mol. The molecule has 11 heteroatoms. The van der Waals surface area contributed by atoms with E-state index in [4.69, 9.17) is 31.3 Å². The predicted octanol–water partition coefficient (Wildman–Crippen LogP) is 1.94. The van der Waals surface area contributed by atoms with Crippen molar-refractivity contribution in [1.29, 1.82) is 0 Å². The van der Waals surface area contributed by atoms with E-state index in [1.54, 1.807) is 20.8 Å². The molecule has 0 aromatic carbocycles. The number of aromatic nitrogens is 2. The lowest BCUT2D eigenvalue weighted by atomic mass is 9.87. The highest BCUT2D eigenvalue weighted by atomic mass is 32.5. The SMILES string of the molecule is CC(C)(C)C[C@H]1O[C@@H](n2ccc(N)nc2=O)[C@@H](O)C1OP(O)(=S)OC(C)(C)C. The Kier molecular flexibility index (Phi) is 6.77. The molecule has 2 heterocycles. The largest absolute Gasteiger partial charge is 0.386 e. The van der Waals surface area contributed by atoms with Crippen molar-refractivity contribution in [3.63, 3.8) is 0 Å². The number of nitrogen functional groups attached to an aromatic ring is 1. The first-order valence-corrected chi connectivity index (χ1v) is 11.6. The molecule has 1 fully saturated rings. The maximum absolute atomic E-state index is 12.2. The number of hydrogen-bond donors (Lipinski definition) is 3. The fourth-order valence-electron chi connectivity index (χ4n) is 2.99. The zero-order valence-corrected chi connectivity index (χ0v) is 18.7. The topological polar surface area (TPSA) is 129 Å². The first-order valence-electron chi connectivity index (χ1n) is 8.98. The number of anilines is 1. The van der Waals surface area contributed by atoms with Crippen LogP contribution in [0.25, 0.3) is 0 Å². The highest BCUT2D eigenvalue weighted by Crippen LogP contribution is 2.52. The standard InChI is InChI=1S/C17H30N3O6PS/c1-16(2,3)9-10-13(25-27(23,28)26-17(4,5)6)12(21)14(24-10)20-8-7-11(18)19-15(20)22/h7-8,10,12-14,21H,9H2,1-6H3,(H,23,28)(H2,18,19,22)/t10-,12+,13?,14-,27?/m1/s1. The van der Waals surface area contributed by atoms with E-state index < -0.39 is 42.5 Å². The fourth-order valence-corrected chi connectivity index (χ4v) is 5.26. The van der Waals surface area contributed by atoms with Gasteiger partial charge in [-0.3, -0.25) is 9.09 Å². The second-order valence-corrected chi connectivity index (χ2v) is 11.8. The van der Waals surface area contributed by atoms with Crippen LogP contribution in [0.5, 0.6) is 0 Å². The van der Waals surface area contributed by atoms with Gasteiger partial charge in [-0.2, -0.15) is 4.98 Å². The van der Waals surface area contributed by atoms with Crippen molar-refractivity contribution < 1.29 is 23.8 Å². The van der Waals surface area contributed by atoms with Crippen molar-refractivity contribution in [2.75, 3.05) is 5.73 Å². The summed E-state index contributed by atoms with van der Waals surface area (Å²) in [4.78, 5) is 26.4. The maximum Gasteiger partial charge on any atom is 0.351 e. The Hall–Kier alpha value is -0.870. The first-order chi connectivity index (χ1) is 12.6. The van der Waals surface area contributed by atoms with Crippen molar-refractivity contribution in [1.82, 2.24) is 9.55 Å². The molecule has 4 N–H and O–H groups in total. The number of ether oxygens (including phenoxy) is 1. The van der Waals surface area contributed by atoms with Gasteiger partial charge >= 0.3 is 12.4 Å². The lowest BCUT2D eigenvalue weighted by Crippen LogP contribution is -2.38. The first kappa shape index (κ1) is 23.4. The molecule has 28 heavy (non-hydrogen) atoms. The number of aliphatic hydroxyl groups is 1. The molecule has 0 bridgehead atoms. The van der Waals surface area contributed by atoms with Gasteiger partial charge in [-0.05, 0) is 50.5 Å². The minimum absolute atomic E-state index is 0.0669. The molecular formula is C17H30N3O6PS. The third-order valence-electron chi connectivity index (χ3n) is 3.89. The van der Waals surface area contributed by atoms with Crippen LogP contribution in [-0.2, 0) is 25.6 Å². The number of hydrogen-bond acceptors (Lipinski definition) is 8. The molecule has 0 spiro atoms. The summed E-state index contributed by atoms with van der Waals surface area (Å²) in [6.45, 7) is 7.56. The summed E-state index contributed by atoms with van der Waals surface area (Å²) in [6, 6.07) is 1.43. The van der Waals surface area contributed by atoms with Crippen molar-refractivity contribution >= 4 is 24.3 Å². The molecule has 9 nitrogen and oxygen atoms in total. The molecule has 0 saturated carbocycles. The van der Waals surface area contributed by atoms with Crippen LogP contribution in [0.1, 0.15) is 54.2 Å². The summed E-state index contributed by atoms with van der Waals surface area (Å²) >= 11 is 5.13. The van der Waals surface area contributed by atoms with E-state index in [-0.39, 0.29) is 11.2 Å². The molecule has 2 unspecified atom stereocenters. The minimum Gasteiger partial charge on any atom is -0.386 e. The van der Waals surface area contributed by atoms with Crippen LogP contribution in [0.3, 0.4) is 0 Å².